The van der Waals surface area contributed by atoms with Crippen molar-refractivity contribution in [1.29, 1.82) is 0 Å². The molecule has 1 N–H and O–H groups in total. The van der Waals surface area contributed by atoms with Crippen molar-refractivity contribution in [2.75, 3.05) is 6.61 Å². The Morgan fingerprint density at radius 1 is 1.11 bits per heavy atom. The summed E-state index contributed by atoms with van der Waals surface area (Å²) in [6, 6.07) is 0. The van der Waals surface area contributed by atoms with Crippen LogP contribution in [0.25, 0.3) is 0 Å². The van der Waals surface area contributed by atoms with Gasteiger partial charge in [-0.2, -0.15) is 0 Å². The van der Waals surface area contributed by atoms with Gasteiger partial charge in [-0.25, -0.2) is 4.79 Å². The molecular formula is C23H30O5. The zero-order valence-corrected chi connectivity index (χ0v) is 16.8. The molecule has 0 aromatic heterocycles. The second-order valence-corrected chi connectivity index (χ2v) is 10.5. The van der Waals surface area contributed by atoms with Crippen LogP contribution < -0.4 is 0 Å². The standard InChI is InChI=1S/C23H30O5/c1-21-7-5-15(24)10-14(21)3-4-17-20(21)18(25)11-22(2)16(6-8-23(17,22)27)13-9-19(26)28-12-13/h9,14,16-17,20,27H,3-8,10-12H2,1-2H3/t14-,16-,17-,20-,21+,22-,23-/m1/s1. The summed E-state index contributed by atoms with van der Waals surface area (Å²) in [5.41, 5.74) is -0.663. The molecule has 152 valence electrons. The molecular weight excluding hydrogens is 356 g/mol. The zero-order chi connectivity index (χ0) is 19.9. The van der Waals surface area contributed by atoms with Gasteiger partial charge in [-0.3, -0.25) is 9.59 Å². The molecule has 0 saturated heterocycles. The summed E-state index contributed by atoms with van der Waals surface area (Å²) in [6.45, 7) is 4.55. The van der Waals surface area contributed by atoms with Crippen LogP contribution in [-0.2, 0) is 19.1 Å². The lowest BCUT2D eigenvalue weighted by Crippen LogP contribution is -2.65. The fourth-order valence-electron chi connectivity index (χ4n) is 7.99. The van der Waals surface area contributed by atoms with Gasteiger partial charge in [-0.1, -0.05) is 13.8 Å². The van der Waals surface area contributed by atoms with Crippen LogP contribution in [0.5, 0.6) is 0 Å². The Balaban J connectivity index is 1.53. The van der Waals surface area contributed by atoms with Crippen LogP contribution in [0, 0.1) is 34.5 Å². The first-order valence-electron chi connectivity index (χ1n) is 10.8. The van der Waals surface area contributed by atoms with Gasteiger partial charge in [0.1, 0.15) is 18.2 Å². The van der Waals surface area contributed by atoms with Crippen molar-refractivity contribution >= 4 is 17.5 Å². The van der Waals surface area contributed by atoms with Gasteiger partial charge in [0.2, 0.25) is 0 Å². The van der Waals surface area contributed by atoms with Gasteiger partial charge in [0.15, 0.2) is 0 Å². The van der Waals surface area contributed by atoms with E-state index in [-0.39, 0.29) is 40.8 Å². The lowest BCUT2D eigenvalue weighted by Gasteiger charge is -2.62. The van der Waals surface area contributed by atoms with Crippen LogP contribution in [0.4, 0.5) is 0 Å². The monoisotopic (exact) mass is 386 g/mol. The van der Waals surface area contributed by atoms with Crippen LogP contribution in [0.2, 0.25) is 0 Å². The SMILES string of the molecule is C[C@]12CCC(=O)C[C@H]1CC[C@@H]1[C@@H]2C(=O)C[C@]2(C)[C@@H](C3=CC(=O)OC3)CC[C@@]12O. The Bertz CT molecular complexity index is 799. The first kappa shape index (κ1) is 18.5. The molecule has 1 aliphatic heterocycles. The Labute approximate surface area is 165 Å². The summed E-state index contributed by atoms with van der Waals surface area (Å²) in [5.74, 6) is 0.375. The fourth-order valence-corrected chi connectivity index (χ4v) is 7.99. The smallest absolute Gasteiger partial charge is 0.331 e. The van der Waals surface area contributed by atoms with Gasteiger partial charge < -0.3 is 9.84 Å². The number of hydrogen-bond donors (Lipinski definition) is 1. The van der Waals surface area contributed by atoms with Gasteiger partial charge in [0, 0.05) is 36.7 Å². The topological polar surface area (TPSA) is 80.7 Å². The molecule has 0 aromatic rings. The highest BCUT2D eigenvalue weighted by Crippen LogP contribution is 2.68. The minimum atomic E-state index is -0.891. The summed E-state index contributed by atoms with van der Waals surface area (Å²) < 4.78 is 5.14. The van der Waals surface area contributed by atoms with E-state index in [1.807, 2.05) is 0 Å². The van der Waals surface area contributed by atoms with Crippen molar-refractivity contribution in [2.45, 2.75) is 70.8 Å². The minimum absolute atomic E-state index is 0.0207. The maximum Gasteiger partial charge on any atom is 0.331 e. The maximum atomic E-state index is 13.6. The van der Waals surface area contributed by atoms with Gasteiger partial charge in [0.05, 0.1) is 5.60 Å². The molecule has 0 radical (unpaired) electrons. The number of ketones is 2. The Morgan fingerprint density at radius 2 is 1.89 bits per heavy atom. The van der Waals surface area contributed by atoms with Gasteiger partial charge in [-0.05, 0) is 60.8 Å². The lowest BCUT2D eigenvalue weighted by molar-refractivity contribution is -0.202. The predicted octanol–water partition coefficient (Wildman–Crippen LogP) is 2.99. The van der Waals surface area contributed by atoms with E-state index in [9.17, 15) is 19.5 Å². The molecule has 5 aliphatic rings. The molecule has 0 aromatic carbocycles. The Kier molecular flexibility index (Phi) is 3.82. The summed E-state index contributed by atoms with van der Waals surface area (Å²) >= 11 is 0. The van der Waals surface area contributed by atoms with E-state index in [1.54, 1.807) is 6.08 Å². The first-order chi connectivity index (χ1) is 13.2. The van der Waals surface area contributed by atoms with Crippen LogP contribution in [0.1, 0.15) is 65.2 Å². The van der Waals surface area contributed by atoms with Crippen molar-refractivity contribution in [1.82, 2.24) is 0 Å². The molecule has 28 heavy (non-hydrogen) atoms. The number of fused-ring (bicyclic) bond motifs is 5. The molecule has 5 heteroatoms. The average molecular weight is 386 g/mol. The van der Waals surface area contributed by atoms with Crippen LogP contribution in [0.15, 0.2) is 11.6 Å². The van der Waals surface area contributed by atoms with Crippen LogP contribution in [0.3, 0.4) is 0 Å². The van der Waals surface area contributed by atoms with Crippen molar-refractivity contribution in [3.63, 3.8) is 0 Å². The Morgan fingerprint density at radius 3 is 2.61 bits per heavy atom. The highest BCUT2D eigenvalue weighted by Gasteiger charge is 2.70. The molecule has 7 atom stereocenters. The number of cyclic esters (lactones) is 1. The van der Waals surface area contributed by atoms with Crippen LogP contribution >= 0.6 is 0 Å². The lowest BCUT2D eigenvalue weighted by atomic mass is 9.43. The predicted molar refractivity (Wildman–Crippen MR) is 101 cm³/mol. The van der Waals surface area contributed by atoms with Crippen LogP contribution in [-0.4, -0.2) is 34.9 Å². The number of carbonyl (C=O) groups excluding carboxylic acids is 3. The molecule has 4 aliphatic carbocycles. The number of ether oxygens (including phenoxy) is 1. The highest BCUT2D eigenvalue weighted by molar-refractivity contribution is 5.87. The number of Topliss-reactive ketones (excluding diaryl/α,β-unsaturated/α-hetero) is 2. The molecule has 0 spiro atoms. The zero-order valence-electron chi connectivity index (χ0n) is 16.8. The quantitative estimate of drug-likeness (QED) is 0.701. The summed E-state index contributed by atoms with van der Waals surface area (Å²) in [4.78, 5) is 37.2. The molecule has 5 nitrogen and oxygen atoms in total. The normalized spacial score (nSPS) is 50.5. The molecule has 1 heterocycles. The van der Waals surface area contributed by atoms with E-state index >= 15 is 0 Å². The van der Waals surface area contributed by atoms with Crippen molar-refractivity contribution in [3.8, 4) is 0 Å². The van der Waals surface area contributed by atoms with E-state index < -0.39 is 11.0 Å². The summed E-state index contributed by atoms with van der Waals surface area (Å²) in [7, 11) is 0. The number of rotatable bonds is 1. The summed E-state index contributed by atoms with van der Waals surface area (Å²) in [5, 5.41) is 12.1. The Hall–Kier alpha value is -1.49. The number of carbonyl (C=O) groups is 3. The number of esters is 1. The van der Waals surface area contributed by atoms with E-state index in [1.165, 1.54) is 0 Å². The van der Waals surface area contributed by atoms with Gasteiger partial charge in [-0.15, -0.1) is 0 Å². The molecule has 0 bridgehead atoms. The second-order valence-electron chi connectivity index (χ2n) is 10.5. The van der Waals surface area contributed by atoms with E-state index in [0.717, 1.165) is 31.3 Å². The van der Waals surface area contributed by atoms with Crippen molar-refractivity contribution in [3.05, 3.63) is 11.6 Å². The number of hydrogen-bond acceptors (Lipinski definition) is 5. The average Bonchev–Trinajstić information content (AvgIpc) is 3.16. The molecule has 4 fully saturated rings. The van der Waals surface area contributed by atoms with Gasteiger partial charge >= 0.3 is 5.97 Å². The molecule has 0 amide bonds. The number of aliphatic hydroxyl groups is 1. The third-order valence-electron chi connectivity index (χ3n) is 9.49. The molecule has 0 unspecified atom stereocenters. The highest BCUT2D eigenvalue weighted by atomic mass is 16.5. The second kappa shape index (κ2) is 5.78. The maximum absolute atomic E-state index is 13.6. The third-order valence-corrected chi connectivity index (χ3v) is 9.49. The molecule has 5 rings (SSSR count). The van der Waals surface area contributed by atoms with Gasteiger partial charge in [0.25, 0.3) is 0 Å². The first-order valence-corrected chi connectivity index (χ1v) is 10.8. The minimum Gasteiger partial charge on any atom is -0.458 e. The van der Waals surface area contributed by atoms with E-state index in [0.29, 0.717) is 38.1 Å². The van der Waals surface area contributed by atoms with E-state index in [2.05, 4.69) is 13.8 Å². The van der Waals surface area contributed by atoms with Crippen molar-refractivity contribution < 1.29 is 24.2 Å². The summed E-state index contributed by atoms with van der Waals surface area (Å²) in [6.07, 6.45) is 7.07. The third kappa shape index (κ3) is 2.20. The fraction of sp³-hybridized carbons (Fsp3) is 0.783. The molecule has 4 saturated carbocycles. The van der Waals surface area contributed by atoms with Crippen molar-refractivity contribution in [2.24, 2.45) is 34.5 Å². The van der Waals surface area contributed by atoms with E-state index in [4.69, 9.17) is 4.74 Å². The largest absolute Gasteiger partial charge is 0.458 e.